The molecule has 1 aliphatic heterocycles. The molecule has 1 saturated heterocycles. The predicted octanol–water partition coefficient (Wildman–Crippen LogP) is 3.56. The van der Waals surface area contributed by atoms with Crippen LogP contribution in [0.4, 0.5) is 0 Å². The van der Waals surface area contributed by atoms with Crippen molar-refractivity contribution in [3.8, 4) is 11.3 Å². The number of rotatable bonds is 5. The Kier molecular flexibility index (Phi) is 6.00. The van der Waals surface area contributed by atoms with Gasteiger partial charge in [0.1, 0.15) is 5.69 Å². The van der Waals surface area contributed by atoms with Crippen LogP contribution < -0.4 is 5.32 Å². The second kappa shape index (κ2) is 9.01. The minimum atomic E-state index is -0.0200. The standard InChI is InChI=1S/C23H27N5O/c1-17-7-9-18(10-8-17)21-15-22(27-26-21)23(29)28(16-19-5-2-3-13-25-19)20-6-4-12-24-14-11-20/h2-3,5,7-10,13,15,20,24H,4,6,11-12,14,16H2,1H3,(H,26,27). The van der Waals surface area contributed by atoms with Crippen LogP contribution in [0.2, 0.25) is 0 Å². The minimum absolute atomic E-state index is 0.0200. The predicted molar refractivity (Wildman–Crippen MR) is 113 cm³/mol. The molecule has 6 heteroatoms. The van der Waals surface area contributed by atoms with Crippen LogP contribution in [-0.2, 0) is 6.54 Å². The summed E-state index contributed by atoms with van der Waals surface area (Å²) in [6.07, 6.45) is 4.77. The first-order chi connectivity index (χ1) is 14.2. The molecular weight excluding hydrogens is 362 g/mol. The number of amides is 1. The third-order valence-corrected chi connectivity index (χ3v) is 5.46. The summed E-state index contributed by atoms with van der Waals surface area (Å²) in [6.45, 7) is 4.49. The molecule has 1 aliphatic rings. The van der Waals surface area contributed by atoms with E-state index in [9.17, 15) is 4.79 Å². The summed E-state index contributed by atoms with van der Waals surface area (Å²) < 4.78 is 0. The fourth-order valence-corrected chi connectivity index (χ4v) is 3.80. The molecule has 0 spiro atoms. The van der Waals surface area contributed by atoms with E-state index in [0.717, 1.165) is 49.3 Å². The van der Waals surface area contributed by atoms with Gasteiger partial charge in [-0.05, 0) is 57.5 Å². The molecule has 1 unspecified atom stereocenters. The van der Waals surface area contributed by atoms with E-state index in [0.29, 0.717) is 12.2 Å². The quantitative estimate of drug-likeness (QED) is 0.700. The third kappa shape index (κ3) is 4.71. The Bertz CT molecular complexity index is 927. The summed E-state index contributed by atoms with van der Waals surface area (Å²) >= 11 is 0. The lowest BCUT2D eigenvalue weighted by Crippen LogP contribution is -2.40. The maximum absolute atomic E-state index is 13.5. The number of benzene rings is 1. The lowest BCUT2D eigenvalue weighted by molar-refractivity contribution is 0.0636. The number of nitrogens with one attached hydrogen (secondary N) is 2. The highest BCUT2D eigenvalue weighted by Gasteiger charge is 2.27. The van der Waals surface area contributed by atoms with E-state index in [1.165, 1.54) is 5.56 Å². The number of hydrogen-bond acceptors (Lipinski definition) is 4. The van der Waals surface area contributed by atoms with E-state index in [4.69, 9.17) is 0 Å². The number of aryl methyl sites for hydroxylation is 1. The zero-order valence-electron chi connectivity index (χ0n) is 16.8. The first-order valence-corrected chi connectivity index (χ1v) is 10.2. The number of pyridine rings is 1. The second-order valence-corrected chi connectivity index (χ2v) is 7.62. The van der Waals surface area contributed by atoms with Gasteiger partial charge in [-0.1, -0.05) is 35.9 Å². The van der Waals surface area contributed by atoms with E-state index in [-0.39, 0.29) is 11.9 Å². The zero-order chi connectivity index (χ0) is 20.1. The molecule has 3 aromatic rings. The van der Waals surface area contributed by atoms with Crippen molar-refractivity contribution in [2.24, 2.45) is 0 Å². The second-order valence-electron chi connectivity index (χ2n) is 7.62. The monoisotopic (exact) mass is 389 g/mol. The molecule has 4 rings (SSSR count). The zero-order valence-corrected chi connectivity index (χ0v) is 16.8. The molecule has 0 aliphatic carbocycles. The van der Waals surface area contributed by atoms with Crippen LogP contribution in [0.3, 0.4) is 0 Å². The molecule has 2 aromatic heterocycles. The van der Waals surface area contributed by atoms with Gasteiger partial charge in [0.15, 0.2) is 0 Å². The van der Waals surface area contributed by atoms with E-state index < -0.39 is 0 Å². The first-order valence-electron chi connectivity index (χ1n) is 10.2. The molecule has 1 fully saturated rings. The van der Waals surface area contributed by atoms with Crippen molar-refractivity contribution in [2.75, 3.05) is 13.1 Å². The summed E-state index contributed by atoms with van der Waals surface area (Å²) in [4.78, 5) is 19.9. The van der Waals surface area contributed by atoms with Crippen LogP contribution >= 0.6 is 0 Å². The Morgan fingerprint density at radius 2 is 2.00 bits per heavy atom. The van der Waals surface area contributed by atoms with E-state index in [2.05, 4.69) is 39.6 Å². The number of hydrogen-bond donors (Lipinski definition) is 2. The summed E-state index contributed by atoms with van der Waals surface area (Å²) in [5, 5.41) is 10.8. The molecule has 1 atom stereocenters. The lowest BCUT2D eigenvalue weighted by Gasteiger charge is -2.30. The summed E-state index contributed by atoms with van der Waals surface area (Å²) in [5.74, 6) is -0.0200. The van der Waals surface area contributed by atoms with E-state index >= 15 is 0 Å². The van der Waals surface area contributed by atoms with Crippen LogP contribution in [0.1, 0.15) is 41.0 Å². The van der Waals surface area contributed by atoms with Crippen LogP contribution in [0.15, 0.2) is 54.7 Å². The van der Waals surface area contributed by atoms with Crippen LogP contribution in [0.25, 0.3) is 11.3 Å². The SMILES string of the molecule is Cc1ccc(-c2cc(C(=O)N(Cc3ccccn3)C3CCCNCC3)[nH]n2)cc1. The van der Waals surface area contributed by atoms with E-state index in [1.807, 2.05) is 41.3 Å². The van der Waals surface area contributed by atoms with Gasteiger partial charge >= 0.3 is 0 Å². The Labute approximate surface area is 171 Å². The van der Waals surface area contributed by atoms with Crippen LogP contribution in [0.5, 0.6) is 0 Å². The molecule has 6 nitrogen and oxygen atoms in total. The highest BCUT2D eigenvalue weighted by atomic mass is 16.2. The Balaban J connectivity index is 1.59. The maximum Gasteiger partial charge on any atom is 0.272 e. The average molecular weight is 390 g/mol. The van der Waals surface area contributed by atoms with Crippen molar-refractivity contribution < 1.29 is 4.79 Å². The number of aromatic amines is 1. The summed E-state index contributed by atoms with van der Waals surface area (Å²) in [7, 11) is 0. The van der Waals surface area contributed by atoms with Gasteiger partial charge < -0.3 is 10.2 Å². The van der Waals surface area contributed by atoms with Gasteiger partial charge in [-0.2, -0.15) is 5.10 Å². The Morgan fingerprint density at radius 3 is 2.79 bits per heavy atom. The Hall–Kier alpha value is -2.99. The largest absolute Gasteiger partial charge is 0.328 e. The number of H-pyrrole nitrogens is 1. The summed E-state index contributed by atoms with van der Waals surface area (Å²) in [5.41, 5.74) is 4.41. The van der Waals surface area contributed by atoms with Crippen molar-refractivity contribution in [3.63, 3.8) is 0 Å². The number of aromatic nitrogens is 3. The molecule has 3 heterocycles. The van der Waals surface area contributed by atoms with Gasteiger partial charge in [0.25, 0.3) is 5.91 Å². The first kappa shape index (κ1) is 19.3. The van der Waals surface area contributed by atoms with Gasteiger partial charge in [0.2, 0.25) is 0 Å². The molecule has 0 radical (unpaired) electrons. The highest BCUT2D eigenvalue weighted by molar-refractivity contribution is 5.93. The van der Waals surface area contributed by atoms with Crippen molar-refractivity contribution >= 4 is 5.91 Å². The van der Waals surface area contributed by atoms with Gasteiger partial charge in [0, 0.05) is 17.8 Å². The molecular formula is C23H27N5O. The Morgan fingerprint density at radius 1 is 1.14 bits per heavy atom. The molecule has 2 N–H and O–H groups in total. The highest BCUT2D eigenvalue weighted by Crippen LogP contribution is 2.22. The third-order valence-electron chi connectivity index (χ3n) is 5.46. The number of nitrogens with zero attached hydrogens (tertiary/aromatic N) is 3. The van der Waals surface area contributed by atoms with Gasteiger partial charge in [-0.25, -0.2) is 0 Å². The van der Waals surface area contributed by atoms with Crippen molar-refractivity contribution in [1.82, 2.24) is 25.4 Å². The van der Waals surface area contributed by atoms with Gasteiger partial charge in [-0.3, -0.25) is 14.9 Å². The fourth-order valence-electron chi connectivity index (χ4n) is 3.80. The number of carbonyl (C=O) groups is 1. The molecule has 0 bridgehead atoms. The smallest absolute Gasteiger partial charge is 0.272 e. The summed E-state index contributed by atoms with van der Waals surface area (Å²) in [6, 6.07) is 16.0. The molecule has 1 amide bonds. The van der Waals surface area contributed by atoms with Crippen molar-refractivity contribution in [2.45, 2.75) is 38.8 Å². The van der Waals surface area contributed by atoms with Gasteiger partial charge in [0.05, 0.1) is 17.9 Å². The molecule has 1 aromatic carbocycles. The normalized spacial score (nSPS) is 16.9. The molecule has 150 valence electrons. The minimum Gasteiger partial charge on any atom is -0.328 e. The van der Waals surface area contributed by atoms with Crippen LogP contribution in [-0.4, -0.2) is 45.1 Å². The molecule has 0 saturated carbocycles. The van der Waals surface area contributed by atoms with Gasteiger partial charge in [-0.15, -0.1) is 0 Å². The molecule has 29 heavy (non-hydrogen) atoms. The topological polar surface area (TPSA) is 73.9 Å². The van der Waals surface area contributed by atoms with E-state index in [1.54, 1.807) is 6.20 Å². The average Bonchev–Trinajstić information content (AvgIpc) is 3.09. The van der Waals surface area contributed by atoms with Crippen molar-refractivity contribution in [1.29, 1.82) is 0 Å². The lowest BCUT2D eigenvalue weighted by atomic mass is 10.1. The van der Waals surface area contributed by atoms with Crippen molar-refractivity contribution in [3.05, 3.63) is 71.7 Å². The maximum atomic E-state index is 13.5. The van der Waals surface area contributed by atoms with Crippen LogP contribution in [0, 0.1) is 6.92 Å². The number of carbonyl (C=O) groups excluding carboxylic acids is 1. The fraction of sp³-hybridized carbons (Fsp3) is 0.348.